The van der Waals surface area contributed by atoms with Crippen LogP contribution in [0, 0.1) is 0 Å². The average Bonchev–Trinajstić information content (AvgIpc) is 1.82. The summed E-state index contributed by atoms with van der Waals surface area (Å²) in [4.78, 5) is 11.1. The van der Waals surface area contributed by atoms with E-state index in [9.17, 15) is 4.79 Å². The maximum absolute atomic E-state index is 11.1. The Kier molecular flexibility index (Phi) is 2.90. The van der Waals surface area contributed by atoms with Crippen LogP contribution in [0.1, 0.15) is 17.3 Å². The number of carbonyl (C=O) groups is 1. The summed E-state index contributed by atoms with van der Waals surface area (Å²) < 4.78 is 1.45. The van der Waals surface area contributed by atoms with Crippen LogP contribution in [0.2, 0.25) is 0 Å². The SMILES string of the molecule is CC(=O)c1c(Br)cc(N)cc1Br. The molecule has 1 aromatic carbocycles. The predicted molar refractivity (Wildman–Crippen MR) is 56.3 cm³/mol. The summed E-state index contributed by atoms with van der Waals surface area (Å²) in [6.45, 7) is 1.51. The molecule has 2 nitrogen and oxygen atoms in total. The Hall–Kier alpha value is -0.350. The first-order valence-corrected chi connectivity index (χ1v) is 4.86. The highest BCUT2D eigenvalue weighted by Gasteiger charge is 2.10. The fourth-order valence-corrected chi connectivity index (χ4v) is 2.71. The Labute approximate surface area is 87.4 Å². The van der Waals surface area contributed by atoms with Crippen molar-refractivity contribution in [3.05, 3.63) is 26.6 Å². The largest absolute Gasteiger partial charge is 0.399 e. The van der Waals surface area contributed by atoms with Crippen molar-refractivity contribution in [3.8, 4) is 0 Å². The summed E-state index contributed by atoms with van der Waals surface area (Å²) in [6, 6.07) is 3.42. The molecule has 1 rings (SSSR count). The van der Waals surface area contributed by atoms with Crippen molar-refractivity contribution in [2.24, 2.45) is 0 Å². The second-order valence-corrected chi connectivity index (χ2v) is 4.12. The summed E-state index contributed by atoms with van der Waals surface area (Å²) >= 11 is 6.54. The van der Waals surface area contributed by atoms with E-state index < -0.39 is 0 Å². The lowest BCUT2D eigenvalue weighted by Gasteiger charge is -2.04. The number of hydrogen-bond acceptors (Lipinski definition) is 2. The van der Waals surface area contributed by atoms with Crippen LogP contribution in [0.5, 0.6) is 0 Å². The van der Waals surface area contributed by atoms with Gasteiger partial charge in [-0.15, -0.1) is 0 Å². The van der Waals surface area contributed by atoms with E-state index in [0.717, 1.165) is 8.95 Å². The van der Waals surface area contributed by atoms with E-state index in [4.69, 9.17) is 5.73 Å². The van der Waals surface area contributed by atoms with E-state index in [1.807, 2.05) is 0 Å². The lowest BCUT2D eigenvalue weighted by atomic mass is 10.1. The molecule has 0 heterocycles. The van der Waals surface area contributed by atoms with Crippen LogP contribution >= 0.6 is 31.9 Å². The second kappa shape index (κ2) is 3.58. The van der Waals surface area contributed by atoms with Crippen molar-refractivity contribution < 1.29 is 4.79 Å². The van der Waals surface area contributed by atoms with E-state index in [2.05, 4.69) is 31.9 Å². The Morgan fingerprint density at radius 3 is 2.08 bits per heavy atom. The molecule has 2 N–H and O–H groups in total. The van der Waals surface area contributed by atoms with Gasteiger partial charge in [0, 0.05) is 20.2 Å². The van der Waals surface area contributed by atoms with Gasteiger partial charge in [-0.25, -0.2) is 0 Å². The topological polar surface area (TPSA) is 43.1 Å². The molecule has 64 valence electrons. The van der Waals surface area contributed by atoms with Gasteiger partial charge in [0.2, 0.25) is 0 Å². The second-order valence-electron chi connectivity index (χ2n) is 2.42. The molecule has 0 saturated carbocycles. The van der Waals surface area contributed by atoms with E-state index >= 15 is 0 Å². The van der Waals surface area contributed by atoms with Crippen LogP contribution in [-0.4, -0.2) is 5.78 Å². The van der Waals surface area contributed by atoms with Crippen LogP contribution in [0.15, 0.2) is 21.1 Å². The van der Waals surface area contributed by atoms with Gasteiger partial charge in [0.15, 0.2) is 5.78 Å². The molecule has 0 atom stereocenters. The molecule has 0 saturated heterocycles. The molecule has 0 fully saturated rings. The molecule has 0 amide bonds. The van der Waals surface area contributed by atoms with Gasteiger partial charge in [0.05, 0.1) is 0 Å². The molecule has 12 heavy (non-hydrogen) atoms. The van der Waals surface area contributed by atoms with Crippen molar-refractivity contribution >= 4 is 43.3 Å². The third-order valence-corrected chi connectivity index (χ3v) is 2.67. The molecule has 0 spiro atoms. The van der Waals surface area contributed by atoms with Crippen LogP contribution < -0.4 is 5.73 Å². The first-order chi connectivity index (χ1) is 5.52. The Morgan fingerprint density at radius 2 is 1.75 bits per heavy atom. The van der Waals surface area contributed by atoms with Gasteiger partial charge >= 0.3 is 0 Å². The first-order valence-electron chi connectivity index (χ1n) is 3.28. The number of hydrogen-bond donors (Lipinski definition) is 1. The summed E-state index contributed by atoms with van der Waals surface area (Å²) in [5.74, 6) is 0.00810. The van der Waals surface area contributed by atoms with Gasteiger partial charge in [-0.2, -0.15) is 0 Å². The average molecular weight is 293 g/mol. The summed E-state index contributed by atoms with van der Waals surface area (Å²) in [7, 11) is 0. The monoisotopic (exact) mass is 291 g/mol. The number of anilines is 1. The molecule has 0 aliphatic carbocycles. The number of benzene rings is 1. The molecule has 0 radical (unpaired) electrons. The zero-order valence-electron chi connectivity index (χ0n) is 6.40. The lowest BCUT2D eigenvalue weighted by molar-refractivity contribution is 0.101. The minimum Gasteiger partial charge on any atom is -0.399 e. The van der Waals surface area contributed by atoms with Gasteiger partial charge in [0.25, 0.3) is 0 Å². The molecule has 1 aromatic rings. The number of ketones is 1. The zero-order valence-corrected chi connectivity index (χ0v) is 9.57. The van der Waals surface area contributed by atoms with Crippen molar-refractivity contribution in [1.29, 1.82) is 0 Å². The molecule has 0 unspecified atom stereocenters. The number of nitrogens with two attached hydrogens (primary N) is 1. The van der Waals surface area contributed by atoms with Crippen LogP contribution in [0.25, 0.3) is 0 Å². The van der Waals surface area contributed by atoms with Crippen molar-refractivity contribution in [2.75, 3.05) is 5.73 Å². The quantitative estimate of drug-likeness (QED) is 0.639. The molecule has 0 aromatic heterocycles. The van der Waals surface area contributed by atoms with Crippen molar-refractivity contribution in [2.45, 2.75) is 6.92 Å². The van der Waals surface area contributed by atoms with Gasteiger partial charge in [-0.1, -0.05) is 0 Å². The summed E-state index contributed by atoms with van der Waals surface area (Å²) in [5, 5.41) is 0. The fraction of sp³-hybridized carbons (Fsp3) is 0.125. The fourth-order valence-electron chi connectivity index (χ4n) is 0.929. The summed E-state index contributed by atoms with van der Waals surface area (Å²) in [6.07, 6.45) is 0. The Morgan fingerprint density at radius 1 is 1.33 bits per heavy atom. The molecule has 0 aliphatic rings. The Balaban J connectivity index is 3.38. The van der Waals surface area contributed by atoms with Gasteiger partial charge < -0.3 is 5.73 Å². The van der Waals surface area contributed by atoms with Crippen molar-refractivity contribution in [1.82, 2.24) is 0 Å². The molecule has 0 aliphatic heterocycles. The van der Waals surface area contributed by atoms with E-state index in [1.54, 1.807) is 12.1 Å². The van der Waals surface area contributed by atoms with E-state index in [-0.39, 0.29) is 5.78 Å². The van der Waals surface area contributed by atoms with Gasteiger partial charge in [-0.05, 0) is 50.9 Å². The highest BCUT2D eigenvalue weighted by atomic mass is 79.9. The normalized spacial score (nSPS) is 9.92. The minimum atomic E-state index is 0.00810. The third kappa shape index (κ3) is 1.87. The van der Waals surface area contributed by atoms with Crippen LogP contribution in [0.3, 0.4) is 0 Å². The van der Waals surface area contributed by atoms with Crippen LogP contribution in [-0.2, 0) is 0 Å². The molecule has 0 bridgehead atoms. The first kappa shape index (κ1) is 9.74. The molecular weight excluding hydrogens is 286 g/mol. The number of nitrogen functional groups attached to an aromatic ring is 1. The van der Waals surface area contributed by atoms with E-state index in [0.29, 0.717) is 11.3 Å². The summed E-state index contributed by atoms with van der Waals surface area (Å²) in [5.41, 5.74) is 6.81. The lowest BCUT2D eigenvalue weighted by Crippen LogP contribution is -1.97. The number of halogens is 2. The zero-order chi connectivity index (χ0) is 9.30. The molecular formula is C8H7Br2NO. The number of rotatable bonds is 1. The standard InChI is InChI=1S/C8H7Br2NO/c1-4(12)8-6(9)2-5(11)3-7(8)10/h2-3H,11H2,1H3. The van der Waals surface area contributed by atoms with Crippen LogP contribution in [0.4, 0.5) is 5.69 Å². The number of Topliss-reactive ketones (excluding diaryl/α,β-unsaturated/α-hetero) is 1. The van der Waals surface area contributed by atoms with Gasteiger partial charge in [0.1, 0.15) is 0 Å². The van der Waals surface area contributed by atoms with Crippen molar-refractivity contribution in [3.63, 3.8) is 0 Å². The molecule has 4 heteroatoms. The Bertz CT molecular complexity index is 313. The van der Waals surface area contributed by atoms with E-state index in [1.165, 1.54) is 6.92 Å². The third-order valence-electron chi connectivity index (χ3n) is 1.42. The van der Waals surface area contributed by atoms with Gasteiger partial charge in [-0.3, -0.25) is 4.79 Å². The smallest absolute Gasteiger partial charge is 0.162 e. The number of carbonyl (C=O) groups excluding carboxylic acids is 1. The highest BCUT2D eigenvalue weighted by molar-refractivity contribution is 9.11. The maximum atomic E-state index is 11.1. The minimum absolute atomic E-state index is 0.00810. The maximum Gasteiger partial charge on any atom is 0.162 e. The predicted octanol–water partition coefficient (Wildman–Crippen LogP) is 3.00. The highest BCUT2D eigenvalue weighted by Crippen LogP contribution is 2.28.